The van der Waals surface area contributed by atoms with Gasteiger partial charge >= 0.3 is 5.97 Å². The zero-order chi connectivity index (χ0) is 20.8. The Bertz CT molecular complexity index is 939. The van der Waals surface area contributed by atoms with E-state index >= 15 is 0 Å². The molecule has 2 aromatic rings. The summed E-state index contributed by atoms with van der Waals surface area (Å²) in [5.41, 5.74) is 1.78. The van der Waals surface area contributed by atoms with Crippen molar-refractivity contribution in [2.75, 3.05) is 6.54 Å². The van der Waals surface area contributed by atoms with Crippen LogP contribution < -0.4 is 4.74 Å². The lowest BCUT2D eigenvalue weighted by atomic mass is 10.2. The topological polar surface area (TPSA) is 72.9 Å². The second kappa shape index (κ2) is 9.43. The van der Waals surface area contributed by atoms with Gasteiger partial charge in [-0.3, -0.25) is 19.3 Å². The number of imide groups is 1. The lowest BCUT2D eigenvalue weighted by Gasteiger charge is -2.13. The molecule has 0 aromatic heterocycles. The molecule has 1 fully saturated rings. The fourth-order valence-electron chi connectivity index (χ4n) is 2.65. The first-order valence-corrected chi connectivity index (χ1v) is 9.95. The number of nitrogens with zero attached hydrogens (tertiary/aromatic N) is 1. The van der Waals surface area contributed by atoms with Crippen molar-refractivity contribution in [1.82, 2.24) is 4.90 Å². The summed E-state index contributed by atoms with van der Waals surface area (Å²) in [5.74, 6) is -0.460. The number of rotatable bonds is 7. The van der Waals surface area contributed by atoms with Crippen LogP contribution in [0.2, 0.25) is 0 Å². The van der Waals surface area contributed by atoms with E-state index < -0.39 is 17.1 Å². The van der Waals surface area contributed by atoms with Crippen LogP contribution in [-0.2, 0) is 20.9 Å². The molecule has 1 heterocycles. The molecular weight excluding hydrogens is 390 g/mol. The molecule has 1 aliphatic rings. The van der Waals surface area contributed by atoms with Crippen molar-refractivity contribution in [3.63, 3.8) is 0 Å². The van der Waals surface area contributed by atoms with E-state index in [0.717, 1.165) is 27.8 Å². The van der Waals surface area contributed by atoms with Crippen LogP contribution >= 0.6 is 11.8 Å². The van der Waals surface area contributed by atoms with Crippen LogP contribution in [0, 0.1) is 0 Å². The summed E-state index contributed by atoms with van der Waals surface area (Å²) < 4.78 is 10.8. The van der Waals surface area contributed by atoms with Gasteiger partial charge in [-0.05, 0) is 54.9 Å². The van der Waals surface area contributed by atoms with Crippen molar-refractivity contribution in [2.45, 2.75) is 26.6 Å². The number of hydrogen-bond donors (Lipinski definition) is 0. The standard InChI is InChI=1S/C22H21NO5S/c1-15(2)28-20(24)13-23-21(25)19(29-22(23)26)12-17-9-6-10-18(11-17)27-14-16-7-4-3-5-8-16/h3-12,15H,13-14H2,1-2H3/b19-12-. The van der Waals surface area contributed by atoms with Crippen molar-refractivity contribution in [2.24, 2.45) is 0 Å². The zero-order valence-electron chi connectivity index (χ0n) is 16.2. The highest BCUT2D eigenvalue weighted by molar-refractivity contribution is 8.18. The molecule has 0 spiro atoms. The number of thioether (sulfide) groups is 1. The highest BCUT2D eigenvalue weighted by Gasteiger charge is 2.36. The molecule has 7 heteroatoms. The van der Waals surface area contributed by atoms with E-state index in [1.807, 2.05) is 48.5 Å². The fraction of sp³-hybridized carbons (Fsp3) is 0.227. The molecule has 0 radical (unpaired) electrons. The minimum absolute atomic E-state index is 0.257. The SMILES string of the molecule is CC(C)OC(=O)CN1C(=O)S/C(=C\c2cccc(OCc3ccccc3)c2)C1=O. The van der Waals surface area contributed by atoms with Crippen molar-refractivity contribution < 1.29 is 23.9 Å². The molecular formula is C22H21NO5S. The molecule has 1 aliphatic heterocycles. The molecule has 0 N–H and O–H groups in total. The van der Waals surface area contributed by atoms with Gasteiger partial charge in [0.25, 0.3) is 11.1 Å². The van der Waals surface area contributed by atoms with E-state index in [0.29, 0.717) is 12.4 Å². The van der Waals surface area contributed by atoms with Crippen LogP contribution in [0.4, 0.5) is 4.79 Å². The van der Waals surface area contributed by atoms with Crippen molar-refractivity contribution in [1.29, 1.82) is 0 Å². The number of carbonyl (C=O) groups is 3. The molecule has 2 amide bonds. The summed E-state index contributed by atoms with van der Waals surface area (Å²) in [4.78, 5) is 37.6. The molecule has 0 bridgehead atoms. The second-order valence-corrected chi connectivity index (χ2v) is 7.65. The van der Waals surface area contributed by atoms with Crippen LogP contribution in [0.5, 0.6) is 5.75 Å². The highest BCUT2D eigenvalue weighted by Crippen LogP contribution is 2.32. The molecule has 6 nitrogen and oxygen atoms in total. The fourth-order valence-corrected chi connectivity index (χ4v) is 3.49. The highest BCUT2D eigenvalue weighted by atomic mass is 32.2. The van der Waals surface area contributed by atoms with E-state index in [9.17, 15) is 14.4 Å². The van der Waals surface area contributed by atoms with Crippen LogP contribution in [0.3, 0.4) is 0 Å². The van der Waals surface area contributed by atoms with Gasteiger partial charge in [0.05, 0.1) is 11.0 Å². The molecule has 0 aliphatic carbocycles. The maximum atomic E-state index is 12.5. The monoisotopic (exact) mass is 411 g/mol. The Labute approximate surface area is 173 Å². The summed E-state index contributed by atoms with van der Waals surface area (Å²) in [5, 5.41) is -0.488. The molecule has 2 aromatic carbocycles. The van der Waals surface area contributed by atoms with Gasteiger partial charge in [0.1, 0.15) is 18.9 Å². The number of ether oxygens (including phenoxy) is 2. The first-order valence-electron chi connectivity index (χ1n) is 9.14. The van der Waals surface area contributed by atoms with E-state index in [1.165, 1.54) is 0 Å². The third kappa shape index (κ3) is 5.71. The summed E-state index contributed by atoms with van der Waals surface area (Å²) in [7, 11) is 0. The van der Waals surface area contributed by atoms with Gasteiger partial charge in [-0.1, -0.05) is 42.5 Å². The minimum Gasteiger partial charge on any atom is -0.489 e. The smallest absolute Gasteiger partial charge is 0.326 e. The molecule has 0 unspecified atom stereocenters. The van der Waals surface area contributed by atoms with Gasteiger partial charge in [0, 0.05) is 0 Å². The minimum atomic E-state index is -0.611. The largest absolute Gasteiger partial charge is 0.489 e. The maximum Gasteiger partial charge on any atom is 0.326 e. The Morgan fingerprint density at radius 3 is 2.59 bits per heavy atom. The van der Waals surface area contributed by atoms with Gasteiger partial charge in [0.15, 0.2) is 0 Å². The van der Waals surface area contributed by atoms with E-state index in [1.54, 1.807) is 26.0 Å². The summed E-state index contributed by atoms with van der Waals surface area (Å²) in [6, 6.07) is 17.0. The summed E-state index contributed by atoms with van der Waals surface area (Å²) >= 11 is 0.804. The van der Waals surface area contributed by atoms with E-state index in [-0.39, 0.29) is 17.6 Å². The van der Waals surface area contributed by atoms with Crippen LogP contribution in [-0.4, -0.2) is 34.7 Å². The number of benzene rings is 2. The van der Waals surface area contributed by atoms with Gasteiger partial charge < -0.3 is 9.47 Å². The van der Waals surface area contributed by atoms with Crippen LogP contribution in [0.15, 0.2) is 59.5 Å². The molecule has 150 valence electrons. The lowest BCUT2D eigenvalue weighted by molar-refractivity contribution is -0.149. The van der Waals surface area contributed by atoms with Crippen molar-refractivity contribution >= 4 is 35.0 Å². The van der Waals surface area contributed by atoms with Crippen LogP contribution in [0.25, 0.3) is 6.08 Å². The number of amides is 2. The van der Waals surface area contributed by atoms with Gasteiger partial charge in [0.2, 0.25) is 0 Å². The number of carbonyl (C=O) groups excluding carboxylic acids is 3. The maximum absolute atomic E-state index is 12.5. The average Bonchev–Trinajstić information content (AvgIpc) is 2.94. The lowest BCUT2D eigenvalue weighted by Crippen LogP contribution is -2.35. The number of hydrogen-bond acceptors (Lipinski definition) is 6. The molecule has 0 atom stereocenters. The van der Waals surface area contributed by atoms with Crippen molar-refractivity contribution in [3.8, 4) is 5.75 Å². The van der Waals surface area contributed by atoms with Crippen LogP contribution in [0.1, 0.15) is 25.0 Å². The van der Waals surface area contributed by atoms with Crippen molar-refractivity contribution in [3.05, 3.63) is 70.6 Å². The molecule has 1 saturated heterocycles. The van der Waals surface area contributed by atoms with Gasteiger partial charge in [-0.25, -0.2) is 0 Å². The first-order chi connectivity index (χ1) is 13.9. The van der Waals surface area contributed by atoms with Gasteiger partial charge in [-0.2, -0.15) is 0 Å². The molecule has 3 rings (SSSR count). The third-order valence-corrected chi connectivity index (χ3v) is 4.84. The second-order valence-electron chi connectivity index (χ2n) is 6.65. The molecule has 29 heavy (non-hydrogen) atoms. The number of esters is 1. The predicted molar refractivity (Wildman–Crippen MR) is 111 cm³/mol. The van der Waals surface area contributed by atoms with E-state index in [2.05, 4.69) is 0 Å². The normalized spacial score (nSPS) is 15.3. The van der Waals surface area contributed by atoms with Gasteiger partial charge in [-0.15, -0.1) is 0 Å². The van der Waals surface area contributed by atoms with E-state index in [4.69, 9.17) is 9.47 Å². The summed E-state index contributed by atoms with van der Waals surface area (Å²) in [6.07, 6.45) is 1.31. The zero-order valence-corrected chi connectivity index (χ0v) is 17.0. The predicted octanol–water partition coefficient (Wildman–Crippen LogP) is 4.25. The quantitative estimate of drug-likeness (QED) is 0.501. The summed E-state index contributed by atoms with van der Waals surface area (Å²) in [6.45, 7) is 3.45. The third-order valence-electron chi connectivity index (χ3n) is 3.93. The Hall–Kier alpha value is -3.06. The Morgan fingerprint density at radius 2 is 1.86 bits per heavy atom. The molecule has 0 saturated carbocycles. The Balaban J connectivity index is 1.67. The average molecular weight is 411 g/mol. The Kier molecular flexibility index (Phi) is 6.72. The Morgan fingerprint density at radius 1 is 1.10 bits per heavy atom. The first kappa shape index (κ1) is 20.7.